The van der Waals surface area contributed by atoms with Gasteiger partial charge in [0.05, 0.1) is 12.8 Å². The Labute approximate surface area is 111 Å². The Morgan fingerprint density at radius 1 is 1.37 bits per heavy atom. The van der Waals surface area contributed by atoms with Gasteiger partial charge >= 0.3 is 0 Å². The third-order valence-corrected chi connectivity index (χ3v) is 3.45. The lowest BCUT2D eigenvalue weighted by molar-refractivity contribution is 0.196. The van der Waals surface area contributed by atoms with E-state index in [1.165, 1.54) is 12.1 Å². The molecule has 0 spiro atoms. The van der Waals surface area contributed by atoms with E-state index in [9.17, 15) is 9.50 Å². The minimum absolute atomic E-state index is 0.0932. The monoisotopic (exact) mass is 263 g/mol. The van der Waals surface area contributed by atoms with E-state index in [-0.39, 0.29) is 19.0 Å². The fraction of sp³-hybridized carbons (Fsp3) is 0.357. The van der Waals surface area contributed by atoms with Gasteiger partial charge in [0.15, 0.2) is 0 Å². The first kappa shape index (κ1) is 13.7. The zero-order chi connectivity index (χ0) is 13.9. The van der Waals surface area contributed by atoms with Crippen molar-refractivity contribution in [3.05, 3.63) is 53.6 Å². The number of aryl methyl sites for hydroxylation is 1. The molecule has 0 saturated carbocycles. The van der Waals surface area contributed by atoms with Gasteiger partial charge in [0.1, 0.15) is 5.82 Å². The Balaban J connectivity index is 2.33. The minimum atomic E-state index is -0.600. The van der Waals surface area contributed by atoms with Crippen molar-refractivity contribution >= 4 is 0 Å². The van der Waals surface area contributed by atoms with Crippen LogP contribution in [-0.4, -0.2) is 28.0 Å². The number of nitrogens with zero attached hydrogens (tertiary/aromatic N) is 2. The lowest BCUT2D eigenvalue weighted by atomic mass is 9.76. The normalized spacial score (nSPS) is 14.3. The first-order valence-electron chi connectivity index (χ1n) is 6.14. The van der Waals surface area contributed by atoms with Gasteiger partial charge in [-0.05, 0) is 29.7 Å². The summed E-state index contributed by atoms with van der Waals surface area (Å²) in [6.07, 6.45) is 4.21. The molecule has 0 amide bonds. The number of nitrogens with two attached hydrogens (primary N) is 1. The second kappa shape index (κ2) is 5.50. The van der Waals surface area contributed by atoms with E-state index in [0.29, 0.717) is 6.42 Å². The van der Waals surface area contributed by atoms with Gasteiger partial charge in [0.2, 0.25) is 0 Å². The summed E-state index contributed by atoms with van der Waals surface area (Å²) in [4.78, 5) is 0. The molecule has 4 nitrogen and oxygen atoms in total. The van der Waals surface area contributed by atoms with Crippen molar-refractivity contribution in [1.29, 1.82) is 0 Å². The van der Waals surface area contributed by atoms with Crippen LogP contribution >= 0.6 is 0 Å². The fourth-order valence-electron chi connectivity index (χ4n) is 2.26. The number of aliphatic hydroxyl groups excluding tert-OH is 1. The van der Waals surface area contributed by atoms with Crippen LogP contribution in [0.4, 0.5) is 4.39 Å². The summed E-state index contributed by atoms with van der Waals surface area (Å²) in [5, 5.41) is 13.9. The van der Waals surface area contributed by atoms with E-state index in [1.54, 1.807) is 23.0 Å². The number of aliphatic hydroxyl groups is 1. The summed E-state index contributed by atoms with van der Waals surface area (Å²) < 4.78 is 14.7. The lowest BCUT2D eigenvalue weighted by Gasteiger charge is -2.30. The topological polar surface area (TPSA) is 64.1 Å². The molecule has 1 atom stereocenters. The van der Waals surface area contributed by atoms with E-state index in [2.05, 4.69) is 5.10 Å². The van der Waals surface area contributed by atoms with E-state index >= 15 is 0 Å². The zero-order valence-corrected chi connectivity index (χ0v) is 10.9. The van der Waals surface area contributed by atoms with Crippen LogP contribution in [0.15, 0.2) is 36.7 Å². The van der Waals surface area contributed by atoms with Gasteiger partial charge in [-0.15, -0.1) is 0 Å². The largest absolute Gasteiger partial charge is 0.395 e. The van der Waals surface area contributed by atoms with Crippen LogP contribution in [0.25, 0.3) is 0 Å². The van der Waals surface area contributed by atoms with E-state index in [1.807, 2.05) is 13.2 Å². The van der Waals surface area contributed by atoms with Crippen LogP contribution in [0.2, 0.25) is 0 Å². The first-order valence-corrected chi connectivity index (χ1v) is 6.14. The Morgan fingerprint density at radius 2 is 2.05 bits per heavy atom. The molecule has 1 aromatic carbocycles. The standard InChI is InChI=1S/C14H18FN3O/c1-18-8-11(7-17-18)6-14(9-16,10-19)12-2-4-13(15)5-3-12/h2-5,7-8,19H,6,9-10,16H2,1H3. The molecule has 1 heterocycles. The Bertz CT molecular complexity index is 532. The van der Waals surface area contributed by atoms with Crippen molar-refractivity contribution in [3.8, 4) is 0 Å². The average Bonchev–Trinajstić information content (AvgIpc) is 2.82. The van der Waals surface area contributed by atoms with Gasteiger partial charge < -0.3 is 10.8 Å². The lowest BCUT2D eigenvalue weighted by Crippen LogP contribution is -2.41. The average molecular weight is 263 g/mol. The van der Waals surface area contributed by atoms with Crippen molar-refractivity contribution in [1.82, 2.24) is 9.78 Å². The van der Waals surface area contributed by atoms with Crippen LogP contribution in [0.5, 0.6) is 0 Å². The second-order valence-electron chi connectivity index (χ2n) is 4.85. The van der Waals surface area contributed by atoms with Crippen LogP contribution < -0.4 is 5.73 Å². The molecule has 1 unspecified atom stereocenters. The van der Waals surface area contributed by atoms with Gasteiger partial charge in [-0.1, -0.05) is 12.1 Å². The number of aromatic nitrogens is 2. The van der Waals surface area contributed by atoms with Crippen LogP contribution in [0.1, 0.15) is 11.1 Å². The van der Waals surface area contributed by atoms with Gasteiger partial charge in [-0.3, -0.25) is 4.68 Å². The second-order valence-corrected chi connectivity index (χ2v) is 4.85. The molecular formula is C14H18FN3O. The molecule has 5 heteroatoms. The predicted molar refractivity (Wildman–Crippen MR) is 71.1 cm³/mol. The Morgan fingerprint density at radius 3 is 2.53 bits per heavy atom. The summed E-state index contributed by atoms with van der Waals surface area (Å²) in [6.45, 7) is 0.189. The van der Waals surface area contributed by atoms with Gasteiger partial charge in [0.25, 0.3) is 0 Å². The fourth-order valence-corrected chi connectivity index (χ4v) is 2.26. The highest BCUT2D eigenvalue weighted by Crippen LogP contribution is 2.27. The molecule has 0 saturated heterocycles. The molecule has 102 valence electrons. The van der Waals surface area contributed by atoms with Crippen molar-refractivity contribution < 1.29 is 9.50 Å². The van der Waals surface area contributed by atoms with Crippen LogP contribution in [0.3, 0.4) is 0 Å². The maximum atomic E-state index is 13.0. The highest BCUT2D eigenvalue weighted by molar-refractivity contribution is 5.29. The molecular weight excluding hydrogens is 245 g/mol. The summed E-state index contributed by atoms with van der Waals surface area (Å²) in [5.41, 5.74) is 7.09. The third kappa shape index (κ3) is 2.83. The summed E-state index contributed by atoms with van der Waals surface area (Å²) >= 11 is 0. The Kier molecular flexibility index (Phi) is 3.97. The highest BCUT2D eigenvalue weighted by atomic mass is 19.1. The van der Waals surface area contributed by atoms with Gasteiger partial charge in [-0.25, -0.2) is 4.39 Å². The summed E-state index contributed by atoms with van der Waals surface area (Å²) in [7, 11) is 1.84. The minimum Gasteiger partial charge on any atom is -0.395 e. The van der Waals surface area contributed by atoms with E-state index < -0.39 is 5.41 Å². The van der Waals surface area contributed by atoms with Crippen molar-refractivity contribution in [3.63, 3.8) is 0 Å². The van der Waals surface area contributed by atoms with Crippen LogP contribution in [0, 0.1) is 5.82 Å². The molecule has 0 aliphatic carbocycles. The Hall–Kier alpha value is -1.72. The molecule has 2 aromatic rings. The maximum absolute atomic E-state index is 13.0. The maximum Gasteiger partial charge on any atom is 0.123 e. The molecule has 19 heavy (non-hydrogen) atoms. The molecule has 0 bridgehead atoms. The molecule has 1 aromatic heterocycles. The quantitative estimate of drug-likeness (QED) is 0.845. The molecule has 0 radical (unpaired) electrons. The third-order valence-electron chi connectivity index (χ3n) is 3.45. The van der Waals surface area contributed by atoms with Gasteiger partial charge in [0, 0.05) is 25.2 Å². The summed E-state index contributed by atoms with van der Waals surface area (Å²) in [5.74, 6) is -0.297. The summed E-state index contributed by atoms with van der Waals surface area (Å²) in [6, 6.07) is 6.13. The van der Waals surface area contributed by atoms with E-state index in [0.717, 1.165) is 11.1 Å². The highest BCUT2D eigenvalue weighted by Gasteiger charge is 2.31. The number of halogens is 1. The van der Waals surface area contributed by atoms with Gasteiger partial charge in [-0.2, -0.15) is 5.10 Å². The molecule has 0 aliphatic rings. The molecule has 3 N–H and O–H groups in total. The zero-order valence-electron chi connectivity index (χ0n) is 10.9. The van der Waals surface area contributed by atoms with Crippen molar-refractivity contribution in [2.45, 2.75) is 11.8 Å². The van der Waals surface area contributed by atoms with Crippen molar-refractivity contribution in [2.24, 2.45) is 12.8 Å². The predicted octanol–water partition coefficient (Wildman–Crippen LogP) is 0.991. The molecule has 2 rings (SSSR count). The van der Waals surface area contributed by atoms with E-state index in [4.69, 9.17) is 5.73 Å². The SMILES string of the molecule is Cn1cc(CC(CN)(CO)c2ccc(F)cc2)cn1. The van der Waals surface area contributed by atoms with Crippen LogP contribution in [-0.2, 0) is 18.9 Å². The smallest absolute Gasteiger partial charge is 0.123 e. The molecule has 0 fully saturated rings. The number of benzene rings is 1. The number of hydrogen-bond acceptors (Lipinski definition) is 3. The molecule has 0 aliphatic heterocycles. The number of rotatable bonds is 5. The number of hydrogen-bond donors (Lipinski definition) is 2. The first-order chi connectivity index (χ1) is 9.09. The van der Waals surface area contributed by atoms with Crippen molar-refractivity contribution in [2.75, 3.05) is 13.2 Å².